The standard InChI is InChI=1S/C18H22N4O2S2/c1-12(2)7-9-22-16(24)13-5-3-4-6-14(13)20-18(22)26-11-15(23)21-17-19-8-10-25-17/h3-6,12H,7-11H2,1-2H3,(H,19,21,23). The van der Waals surface area contributed by atoms with Crippen molar-refractivity contribution >= 4 is 45.5 Å². The van der Waals surface area contributed by atoms with Gasteiger partial charge in [0.25, 0.3) is 5.56 Å². The number of carbonyl (C=O) groups excluding carboxylic acids is 1. The highest BCUT2D eigenvalue weighted by molar-refractivity contribution is 8.14. The number of benzene rings is 1. The van der Waals surface area contributed by atoms with Gasteiger partial charge in [0.15, 0.2) is 10.3 Å². The van der Waals surface area contributed by atoms with Crippen molar-refractivity contribution in [3.05, 3.63) is 34.6 Å². The maximum Gasteiger partial charge on any atom is 0.262 e. The second-order valence-electron chi connectivity index (χ2n) is 6.42. The van der Waals surface area contributed by atoms with Crippen LogP contribution >= 0.6 is 23.5 Å². The lowest BCUT2D eigenvalue weighted by Crippen LogP contribution is -2.30. The van der Waals surface area contributed by atoms with Gasteiger partial charge < -0.3 is 5.32 Å². The van der Waals surface area contributed by atoms with Crippen molar-refractivity contribution in [2.75, 3.05) is 18.1 Å². The number of fused-ring (bicyclic) bond motifs is 1. The highest BCUT2D eigenvalue weighted by atomic mass is 32.2. The maximum absolute atomic E-state index is 12.9. The molecule has 0 saturated carbocycles. The third-order valence-corrected chi connectivity index (χ3v) is 5.79. The average Bonchev–Trinajstić information content (AvgIpc) is 3.12. The SMILES string of the molecule is CC(C)CCn1c(SCC(=O)NC2=NCCS2)nc2ccccc2c1=O. The van der Waals surface area contributed by atoms with E-state index < -0.39 is 0 Å². The zero-order chi connectivity index (χ0) is 18.5. The lowest BCUT2D eigenvalue weighted by Gasteiger charge is -2.14. The molecule has 2 aromatic rings. The highest BCUT2D eigenvalue weighted by Gasteiger charge is 2.15. The maximum atomic E-state index is 12.9. The summed E-state index contributed by atoms with van der Waals surface area (Å²) in [4.78, 5) is 33.9. The van der Waals surface area contributed by atoms with Crippen molar-refractivity contribution in [1.82, 2.24) is 14.9 Å². The fraction of sp³-hybridized carbons (Fsp3) is 0.444. The van der Waals surface area contributed by atoms with Gasteiger partial charge in [0.2, 0.25) is 5.91 Å². The first-order valence-electron chi connectivity index (χ1n) is 8.64. The number of thioether (sulfide) groups is 2. The molecule has 0 spiro atoms. The van der Waals surface area contributed by atoms with Gasteiger partial charge in [-0.25, -0.2) is 4.98 Å². The summed E-state index contributed by atoms with van der Waals surface area (Å²) in [7, 11) is 0. The fourth-order valence-corrected chi connectivity index (χ4v) is 4.11. The molecular weight excluding hydrogens is 368 g/mol. The van der Waals surface area contributed by atoms with Crippen LogP contribution in [0.3, 0.4) is 0 Å². The van der Waals surface area contributed by atoms with Crippen molar-refractivity contribution < 1.29 is 4.79 Å². The summed E-state index contributed by atoms with van der Waals surface area (Å²) in [5.41, 5.74) is 0.617. The summed E-state index contributed by atoms with van der Waals surface area (Å²) in [5.74, 6) is 1.46. The number of rotatable bonds is 6. The molecule has 0 unspecified atom stereocenters. The van der Waals surface area contributed by atoms with Crippen molar-refractivity contribution in [1.29, 1.82) is 0 Å². The quantitative estimate of drug-likeness (QED) is 0.606. The molecule has 26 heavy (non-hydrogen) atoms. The minimum absolute atomic E-state index is 0.0464. The van der Waals surface area contributed by atoms with E-state index in [0.29, 0.717) is 33.7 Å². The summed E-state index contributed by atoms with van der Waals surface area (Å²) in [6.07, 6.45) is 0.882. The monoisotopic (exact) mass is 390 g/mol. The van der Waals surface area contributed by atoms with Crippen LogP contribution in [-0.2, 0) is 11.3 Å². The molecule has 1 amide bonds. The molecule has 1 aromatic heterocycles. The van der Waals surface area contributed by atoms with Crippen LogP contribution in [0.1, 0.15) is 20.3 Å². The molecule has 3 rings (SSSR count). The summed E-state index contributed by atoms with van der Waals surface area (Å²) in [6.45, 7) is 5.59. The Hall–Kier alpha value is -1.80. The van der Waals surface area contributed by atoms with Crippen LogP contribution in [0.5, 0.6) is 0 Å². The highest BCUT2D eigenvalue weighted by Crippen LogP contribution is 2.19. The fourth-order valence-electron chi connectivity index (χ4n) is 2.54. The largest absolute Gasteiger partial charge is 0.305 e. The van der Waals surface area contributed by atoms with Crippen LogP contribution in [0.15, 0.2) is 39.2 Å². The molecule has 0 radical (unpaired) electrons. The van der Waals surface area contributed by atoms with Crippen molar-refractivity contribution in [3.8, 4) is 0 Å². The van der Waals surface area contributed by atoms with Gasteiger partial charge in [0.05, 0.1) is 23.2 Å². The smallest absolute Gasteiger partial charge is 0.262 e. The normalized spacial score (nSPS) is 14.0. The summed E-state index contributed by atoms with van der Waals surface area (Å²) >= 11 is 2.84. The van der Waals surface area contributed by atoms with E-state index >= 15 is 0 Å². The number of nitrogens with zero attached hydrogens (tertiary/aromatic N) is 3. The first-order chi connectivity index (χ1) is 12.5. The molecule has 0 atom stereocenters. The predicted octanol–water partition coefficient (Wildman–Crippen LogP) is 2.75. The molecule has 6 nitrogen and oxygen atoms in total. The number of para-hydroxylation sites is 1. The molecule has 1 N–H and O–H groups in total. The number of carbonyl (C=O) groups is 1. The lowest BCUT2D eigenvalue weighted by molar-refractivity contribution is -0.117. The number of nitrogens with one attached hydrogen (secondary N) is 1. The van der Waals surface area contributed by atoms with Gasteiger partial charge in [-0.2, -0.15) is 0 Å². The molecule has 2 heterocycles. The van der Waals surface area contributed by atoms with Gasteiger partial charge in [-0.15, -0.1) is 0 Å². The van der Waals surface area contributed by atoms with E-state index in [0.717, 1.165) is 18.7 Å². The van der Waals surface area contributed by atoms with E-state index in [2.05, 4.69) is 29.1 Å². The summed E-state index contributed by atoms with van der Waals surface area (Å²) < 4.78 is 1.70. The van der Waals surface area contributed by atoms with E-state index in [-0.39, 0.29) is 17.2 Å². The third kappa shape index (κ3) is 4.67. The molecular formula is C18H22N4O2S2. The van der Waals surface area contributed by atoms with Gasteiger partial charge in [-0.3, -0.25) is 19.1 Å². The number of amidine groups is 1. The minimum atomic E-state index is -0.124. The van der Waals surface area contributed by atoms with Crippen molar-refractivity contribution in [2.45, 2.75) is 32.0 Å². The number of aliphatic imine (C=N–C) groups is 1. The molecule has 0 aliphatic carbocycles. The molecule has 0 saturated heterocycles. The lowest BCUT2D eigenvalue weighted by atomic mass is 10.1. The number of hydrogen-bond donors (Lipinski definition) is 1. The zero-order valence-electron chi connectivity index (χ0n) is 14.9. The second kappa shape index (κ2) is 8.73. The molecule has 138 valence electrons. The van der Waals surface area contributed by atoms with E-state index in [4.69, 9.17) is 0 Å². The first kappa shape index (κ1) is 19.0. The van der Waals surface area contributed by atoms with E-state index in [9.17, 15) is 9.59 Å². The van der Waals surface area contributed by atoms with E-state index in [1.807, 2.05) is 18.2 Å². The molecule has 0 fully saturated rings. The Morgan fingerprint density at radius 1 is 1.38 bits per heavy atom. The Labute approximate surface area is 160 Å². The molecule has 0 bridgehead atoms. The van der Waals surface area contributed by atoms with Gasteiger partial charge in [0, 0.05) is 12.3 Å². The van der Waals surface area contributed by atoms with Crippen LogP contribution in [0, 0.1) is 5.92 Å². The van der Waals surface area contributed by atoms with Crippen LogP contribution in [0.4, 0.5) is 0 Å². The van der Waals surface area contributed by atoms with Gasteiger partial charge >= 0.3 is 0 Å². The van der Waals surface area contributed by atoms with E-state index in [1.165, 1.54) is 11.8 Å². The van der Waals surface area contributed by atoms with Crippen molar-refractivity contribution in [2.24, 2.45) is 10.9 Å². The molecule has 1 aliphatic heterocycles. The molecule has 8 heteroatoms. The van der Waals surface area contributed by atoms with Crippen LogP contribution in [-0.4, -0.2) is 38.7 Å². The second-order valence-corrected chi connectivity index (χ2v) is 8.45. The Balaban J connectivity index is 1.81. The topological polar surface area (TPSA) is 76.3 Å². The number of amides is 1. The van der Waals surface area contributed by atoms with Gasteiger partial charge in [-0.05, 0) is 24.5 Å². The summed E-state index contributed by atoms with van der Waals surface area (Å²) in [5, 5.41) is 4.69. The Morgan fingerprint density at radius 2 is 2.19 bits per heavy atom. The van der Waals surface area contributed by atoms with E-state index in [1.54, 1.807) is 22.4 Å². The van der Waals surface area contributed by atoms with Crippen molar-refractivity contribution in [3.63, 3.8) is 0 Å². The zero-order valence-corrected chi connectivity index (χ0v) is 16.5. The number of aromatic nitrogens is 2. The van der Waals surface area contributed by atoms with Crippen LogP contribution in [0.25, 0.3) is 10.9 Å². The Kier molecular flexibility index (Phi) is 6.37. The third-order valence-electron chi connectivity index (χ3n) is 3.92. The van der Waals surface area contributed by atoms with Gasteiger partial charge in [-0.1, -0.05) is 49.5 Å². The summed E-state index contributed by atoms with van der Waals surface area (Å²) in [6, 6.07) is 7.34. The molecule has 1 aromatic carbocycles. The Morgan fingerprint density at radius 3 is 2.92 bits per heavy atom. The van der Waals surface area contributed by atoms with Crippen LogP contribution < -0.4 is 10.9 Å². The Bertz CT molecular complexity index is 892. The molecule has 1 aliphatic rings. The predicted molar refractivity (Wildman–Crippen MR) is 109 cm³/mol. The average molecular weight is 391 g/mol. The first-order valence-corrected chi connectivity index (χ1v) is 10.6. The number of hydrogen-bond acceptors (Lipinski definition) is 6. The van der Waals surface area contributed by atoms with Gasteiger partial charge in [0.1, 0.15) is 0 Å². The van der Waals surface area contributed by atoms with Crippen LogP contribution in [0.2, 0.25) is 0 Å². The minimum Gasteiger partial charge on any atom is -0.305 e.